The van der Waals surface area contributed by atoms with Crippen LogP contribution in [0.5, 0.6) is 11.5 Å². The van der Waals surface area contributed by atoms with Crippen LogP contribution in [-0.2, 0) is 16.7 Å². The van der Waals surface area contributed by atoms with E-state index in [0.29, 0.717) is 6.42 Å². The summed E-state index contributed by atoms with van der Waals surface area (Å²) < 4.78 is 17.9. The number of hydrogen-bond acceptors (Lipinski definition) is 5. The summed E-state index contributed by atoms with van der Waals surface area (Å²) in [5, 5.41) is 2.94. The minimum Gasteiger partial charge on any atom is -0.493 e. The van der Waals surface area contributed by atoms with Crippen molar-refractivity contribution in [2.75, 3.05) is 20.7 Å². The molecule has 1 N–H and O–H groups in total. The molecule has 6 nitrogen and oxygen atoms in total. The van der Waals surface area contributed by atoms with E-state index in [1.807, 2.05) is 49.4 Å². The Morgan fingerprint density at radius 1 is 1.25 bits per heavy atom. The molecule has 0 saturated carbocycles. The summed E-state index contributed by atoms with van der Waals surface area (Å²) in [6.07, 6.45) is 4.99. The molecule has 6 heteroatoms. The molecule has 5 rings (SSSR count). The second-order valence-corrected chi connectivity index (χ2v) is 9.08. The molecule has 2 aliphatic heterocycles. The zero-order valence-electron chi connectivity index (χ0n) is 18.8. The number of benzene rings is 2. The fraction of sp³-hybridized carbons (Fsp3) is 0.423. The smallest absolute Gasteiger partial charge is 0.408 e. The standard InChI is InChI=1S/C26H30N2O4/c1-17(18-7-5-4-6-8-18)27-25(29)31-20-11-12-26-13-14-28(2)16-19-9-10-21(30-3)24(23(19)26)32-22(26)15-20/h4-12,17,20,22H,13-16H2,1-3H3,(H,27,29)/t17-,20-,22-,26-/m1/s1. The van der Waals surface area contributed by atoms with Crippen molar-refractivity contribution in [3.8, 4) is 11.5 Å². The van der Waals surface area contributed by atoms with Gasteiger partial charge in [0.25, 0.3) is 0 Å². The van der Waals surface area contributed by atoms with Crippen molar-refractivity contribution in [3.63, 3.8) is 0 Å². The lowest BCUT2D eigenvalue weighted by Crippen LogP contribution is -2.44. The van der Waals surface area contributed by atoms with Gasteiger partial charge in [0.05, 0.1) is 18.6 Å². The van der Waals surface area contributed by atoms with Crippen LogP contribution >= 0.6 is 0 Å². The Morgan fingerprint density at radius 2 is 2.06 bits per heavy atom. The Kier molecular flexibility index (Phi) is 5.33. The highest BCUT2D eigenvalue weighted by Crippen LogP contribution is 2.55. The van der Waals surface area contributed by atoms with Gasteiger partial charge in [0.2, 0.25) is 0 Å². The summed E-state index contributed by atoms with van der Waals surface area (Å²) in [6, 6.07) is 13.9. The number of amides is 1. The number of rotatable bonds is 4. The van der Waals surface area contributed by atoms with Crippen LogP contribution in [-0.4, -0.2) is 43.9 Å². The van der Waals surface area contributed by atoms with Crippen LogP contribution in [0.25, 0.3) is 0 Å². The van der Waals surface area contributed by atoms with Crippen LogP contribution in [0.3, 0.4) is 0 Å². The lowest BCUT2D eigenvalue weighted by atomic mass is 9.69. The SMILES string of the molecule is COc1ccc2c3c1O[C@@H]1C[C@H](OC(=O)N[C@H](C)c4ccccc4)C=C[C@]31CCN(C)C2. The van der Waals surface area contributed by atoms with Crippen molar-refractivity contribution in [1.82, 2.24) is 10.2 Å². The quantitative estimate of drug-likeness (QED) is 0.726. The third-order valence-corrected chi connectivity index (χ3v) is 7.02. The number of carbonyl (C=O) groups excluding carboxylic acids is 1. The molecule has 1 spiro atoms. The third-order valence-electron chi connectivity index (χ3n) is 7.02. The first kappa shape index (κ1) is 20.9. The van der Waals surface area contributed by atoms with Gasteiger partial charge in [0.1, 0.15) is 12.2 Å². The average molecular weight is 435 g/mol. The van der Waals surface area contributed by atoms with Crippen LogP contribution < -0.4 is 14.8 Å². The van der Waals surface area contributed by atoms with Crippen molar-refractivity contribution >= 4 is 6.09 Å². The number of ether oxygens (including phenoxy) is 3. The van der Waals surface area contributed by atoms with Crippen LogP contribution in [0, 0.1) is 0 Å². The number of hydrogen-bond donors (Lipinski definition) is 1. The largest absolute Gasteiger partial charge is 0.493 e. The third kappa shape index (κ3) is 3.52. The Balaban J connectivity index is 1.36. The molecule has 168 valence electrons. The zero-order chi connectivity index (χ0) is 22.3. The van der Waals surface area contributed by atoms with Gasteiger partial charge < -0.3 is 24.4 Å². The van der Waals surface area contributed by atoms with Crippen LogP contribution in [0.15, 0.2) is 54.6 Å². The molecular weight excluding hydrogens is 404 g/mol. The van der Waals surface area contributed by atoms with Gasteiger partial charge in [-0.15, -0.1) is 0 Å². The van der Waals surface area contributed by atoms with E-state index in [9.17, 15) is 4.79 Å². The highest BCUT2D eigenvalue weighted by Gasteiger charge is 2.53. The molecule has 4 atom stereocenters. The molecule has 0 fully saturated rings. The number of carbonyl (C=O) groups is 1. The highest BCUT2D eigenvalue weighted by atomic mass is 16.6. The van der Waals surface area contributed by atoms with Crippen molar-refractivity contribution in [2.24, 2.45) is 0 Å². The Bertz CT molecular complexity index is 1040. The summed E-state index contributed by atoms with van der Waals surface area (Å²) in [5.74, 6) is 1.61. The van der Waals surface area contributed by atoms with Gasteiger partial charge >= 0.3 is 6.09 Å². The maximum absolute atomic E-state index is 12.6. The summed E-state index contributed by atoms with van der Waals surface area (Å²) in [6.45, 7) is 3.81. The molecule has 3 aliphatic rings. The number of nitrogens with one attached hydrogen (secondary N) is 1. The lowest BCUT2D eigenvalue weighted by Gasteiger charge is -2.36. The summed E-state index contributed by atoms with van der Waals surface area (Å²) in [4.78, 5) is 14.9. The summed E-state index contributed by atoms with van der Waals surface area (Å²) in [5.41, 5.74) is 3.35. The van der Waals surface area contributed by atoms with Crippen LogP contribution in [0.2, 0.25) is 0 Å². The molecule has 0 bridgehead atoms. The molecular formula is C26H30N2O4. The van der Waals surface area contributed by atoms with Crippen LogP contribution in [0.4, 0.5) is 4.79 Å². The number of nitrogens with zero attached hydrogens (tertiary/aromatic N) is 1. The van der Waals surface area contributed by atoms with E-state index < -0.39 is 6.09 Å². The predicted molar refractivity (Wildman–Crippen MR) is 122 cm³/mol. The molecule has 0 saturated heterocycles. The predicted octanol–water partition coefficient (Wildman–Crippen LogP) is 4.35. The molecule has 0 radical (unpaired) electrons. The minimum absolute atomic E-state index is 0.0894. The Hall–Kier alpha value is -2.99. The van der Waals surface area contributed by atoms with E-state index in [4.69, 9.17) is 14.2 Å². The van der Waals surface area contributed by atoms with E-state index in [1.165, 1.54) is 11.1 Å². The van der Waals surface area contributed by atoms with E-state index in [1.54, 1.807) is 7.11 Å². The van der Waals surface area contributed by atoms with Crippen LogP contribution in [0.1, 0.15) is 42.5 Å². The number of alkyl carbamates (subject to hydrolysis) is 1. The van der Waals surface area contributed by atoms with Gasteiger partial charge in [-0.2, -0.15) is 0 Å². The maximum Gasteiger partial charge on any atom is 0.408 e. The van der Waals surface area contributed by atoms with Gasteiger partial charge in [0, 0.05) is 18.5 Å². The molecule has 1 amide bonds. The van der Waals surface area contributed by atoms with Gasteiger partial charge in [-0.1, -0.05) is 42.5 Å². The zero-order valence-corrected chi connectivity index (χ0v) is 18.8. The molecule has 32 heavy (non-hydrogen) atoms. The van der Waals surface area contributed by atoms with Gasteiger partial charge in [-0.3, -0.25) is 0 Å². The van der Waals surface area contributed by atoms with E-state index in [-0.39, 0.29) is 23.7 Å². The van der Waals surface area contributed by atoms with Gasteiger partial charge in [-0.25, -0.2) is 4.79 Å². The Labute approximate surface area is 189 Å². The van der Waals surface area contributed by atoms with Gasteiger partial charge in [-0.05, 0) is 50.2 Å². The minimum atomic E-state index is -0.415. The first-order chi connectivity index (χ1) is 15.5. The molecule has 1 aliphatic carbocycles. The first-order valence-electron chi connectivity index (χ1n) is 11.3. The van der Waals surface area contributed by atoms with E-state index >= 15 is 0 Å². The fourth-order valence-electron chi connectivity index (χ4n) is 5.33. The molecule has 0 aromatic heterocycles. The lowest BCUT2D eigenvalue weighted by molar-refractivity contribution is 0.0594. The molecule has 2 aromatic rings. The number of methoxy groups -OCH3 is 1. The molecule has 2 aromatic carbocycles. The first-order valence-corrected chi connectivity index (χ1v) is 11.3. The van der Waals surface area contributed by atoms with Crippen molar-refractivity contribution < 1.29 is 19.0 Å². The van der Waals surface area contributed by atoms with E-state index in [0.717, 1.165) is 36.6 Å². The second-order valence-electron chi connectivity index (χ2n) is 9.08. The van der Waals surface area contributed by atoms with Crippen molar-refractivity contribution in [2.45, 2.75) is 50.0 Å². The topological polar surface area (TPSA) is 60.0 Å². The molecule has 2 heterocycles. The monoisotopic (exact) mass is 434 g/mol. The van der Waals surface area contributed by atoms with Crippen molar-refractivity contribution in [1.29, 1.82) is 0 Å². The highest BCUT2D eigenvalue weighted by molar-refractivity contribution is 5.68. The van der Waals surface area contributed by atoms with Gasteiger partial charge in [0.15, 0.2) is 11.5 Å². The van der Waals surface area contributed by atoms with Crippen molar-refractivity contribution in [3.05, 3.63) is 71.3 Å². The van der Waals surface area contributed by atoms with E-state index in [2.05, 4.69) is 29.4 Å². The molecule has 0 unspecified atom stereocenters. The summed E-state index contributed by atoms with van der Waals surface area (Å²) >= 11 is 0. The summed E-state index contributed by atoms with van der Waals surface area (Å²) in [7, 11) is 3.83. The maximum atomic E-state index is 12.6. The average Bonchev–Trinajstić information content (AvgIpc) is 3.05. The Morgan fingerprint density at radius 3 is 2.84 bits per heavy atom. The fourth-order valence-corrected chi connectivity index (χ4v) is 5.33. The normalized spacial score (nSPS) is 26.8. The second kappa shape index (κ2) is 8.17.